The van der Waals surface area contributed by atoms with E-state index in [0.29, 0.717) is 65.8 Å². The van der Waals surface area contributed by atoms with Crippen LogP contribution in [0.4, 0.5) is 8.78 Å². The predicted molar refractivity (Wildman–Crippen MR) is 163 cm³/mol. The van der Waals surface area contributed by atoms with Gasteiger partial charge in [0.15, 0.2) is 11.6 Å². The fraction of sp³-hybridized carbons (Fsp3) is 0.344. The van der Waals surface area contributed by atoms with Gasteiger partial charge in [0.05, 0.1) is 24.7 Å². The number of benzene rings is 2. The minimum absolute atomic E-state index is 0.334. The van der Waals surface area contributed by atoms with Crippen molar-refractivity contribution in [1.82, 2.24) is 25.6 Å². The summed E-state index contributed by atoms with van der Waals surface area (Å²) in [5.74, 6) is 7.16. The summed E-state index contributed by atoms with van der Waals surface area (Å²) in [6, 6.07) is 11.3. The SMILES string of the molecule is C=C(NN)C(=NCCc1cccc(-c2ncc(OC[C@H]3CC[C@@H]3CN(C)C)cn2)c1)N/C(=C\C)c1cc(F)cc(F)c1. The van der Waals surface area contributed by atoms with Gasteiger partial charge in [-0.05, 0) is 75.9 Å². The Balaban J connectivity index is 1.37. The molecule has 1 saturated carbocycles. The van der Waals surface area contributed by atoms with Crippen molar-refractivity contribution in [2.75, 3.05) is 33.8 Å². The van der Waals surface area contributed by atoms with Crippen molar-refractivity contribution in [1.29, 1.82) is 0 Å². The molecule has 0 unspecified atom stereocenters. The van der Waals surface area contributed by atoms with Crippen molar-refractivity contribution in [2.45, 2.75) is 26.2 Å². The molecule has 2 aromatic carbocycles. The van der Waals surface area contributed by atoms with Gasteiger partial charge >= 0.3 is 0 Å². The smallest absolute Gasteiger partial charge is 0.159 e. The van der Waals surface area contributed by atoms with Crippen molar-refractivity contribution in [3.8, 4) is 17.1 Å². The third kappa shape index (κ3) is 8.43. The first kappa shape index (κ1) is 30.8. The topological polar surface area (TPSA) is 101 Å². The average Bonchev–Trinajstić information content (AvgIpc) is 2.96. The zero-order chi connectivity index (χ0) is 30.1. The van der Waals surface area contributed by atoms with Gasteiger partial charge in [-0.3, -0.25) is 10.8 Å². The first-order valence-electron chi connectivity index (χ1n) is 14.0. The lowest BCUT2D eigenvalue weighted by molar-refractivity contribution is 0.0815. The number of halogens is 2. The summed E-state index contributed by atoms with van der Waals surface area (Å²) in [4.78, 5) is 15.9. The second kappa shape index (κ2) is 14.7. The van der Waals surface area contributed by atoms with E-state index in [0.717, 1.165) is 23.7 Å². The molecule has 1 aromatic heterocycles. The minimum Gasteiger partial charge on any atom is -0.490 e. The van der Waals surface area contributed by atoms with Crippen molar-refractivity contribution < 1.29 is 13.5 Å². The maximum Gasteiger partial charge on any atom is 0.159 e. The summed E-state index contributed by atoms with van der Waals surface area (Å²) >= 11 is 0. The van der Waals surface area contributed by atoms with E-state index < -0.39 is 11.6 Å². The lowest BCUT2D eigenvalue weighted by Crippen LogP contribution is -2.37. The Morgan fingerprint density at radius 3 is 2.45 bits per heavy atom. The van der Waals surface area contributed by atoms with E-state index in [2.05, 4.69) is 51.3 Å². The second-order valence-corrected chi connectivity index (χ2v) is 10.7. The third-order valence-corrected chi connectivity index (χ3v) is 7.30. The maximum atomic E-state index is 13.8. The Kier molecular flexibility index (Phi) is 10.7. The minimum atomic E-state index is -0.672. The molecular weight excluding hydrogens is 536 g/mol. The van der Waals surface area contributed by atoms with Gasteiger partial charge in [0.25, 0.3) is 0 Å². The number of rotatable bonds is 13. The van der Waals surface area contributed by atoms with Crippen LogP contribution in [0.2, 0.25) is 0 Å². The molecule has 2 atom stereocenters. The number of nitrogens with one attached hydrogen (secondary N) is 2. The Hall–Kier alpha value is -4.15. The second-order valence-electron chi connectivity index (χ2n) is 10.7. The number of nitrogens with two attached hydrogens (primary N) is 1. The Labute approximate surface area is 246 Å². The Morgan fingerprint density at radius 1 is 1.12 bits per heavy atom. The van der Waals surface area contributed by atoms with Crippen molar-refractivity contribution in [3.05, 3.63) is 96.0 Å². The van der Waals surface area contributed by atoms with Crippen LogP contribution in [-0.2, 0) is 6.42 Å². The van der Waals surface area contributed by atoms with E-state index in [9.17, 15) is 8.78 Å². The molecule has 0 bridgehead atoms. The largest absolute Gasteiger partial charge is 0.490 e. The molecule has 4 rings (SSSR count). The van der Waals surface area contributed by atoms with Crippen LogP contribution < -0.4 is 21.3 Å². The number of aromatic nitrogens is 2. The zero-order valence-electron chi connectivity index (χ0n) is 24.4. The standard InChI is InChI=1S/C32H39F2N7O/c1-5-30(26-14-27(33)16-28(34)15-26)39-31(21(2)40-35)36-12-11-22-7-6-8-23(13-22)32-37-17-29(18-38-32)42-20-25-10-9-24(25)19-41(3)4/h5-8,13-18,24-25,40H,2,9-12,19-20,35H2,1,3-4H3,(H,36,39)/b30-5-/t24-,25-/m1/s1. The lowest BCUT2D eigenvalue weighted by atomic mass is 9.74. The van der Waals surface area contributed by atoms with Gasteiger partial charge in [-0.2, -0.15) is 0 Å². The number of hydrogen-bond donors (Lipinski definition) is 3. The van der Waals surface area contributed by atoms with Gasteiger partial charge in [0, 0.05) is 36.0 Å². The maximum absolute atomic E-state index is 13.8. The molecule has 0 amide bonds. The summed E-state index contributed by atoms with van der Waals surface area (Å²) in [6.07, 6.45) is 8.23. The molecule has 0 radical (unpaired) electrons. The number of ether oxygens (including phenoxy) is 1. The van der Waals surface area contributed by atoms with E-state index in [-0.39, 0.29) is 0 Å². The first-order chi connectivity index (χ1) is 20.2. The summed E-state index contributed by atoms with van der Waals surface area (Å²) in [7, 11) is 4.22. The molecule has 8 nitrogen and oxygen atoms in total. The van der Waals surface area contributed by atoms with Crippen LogP contribution in [0.3, 0.4) is 0 Å². The number of allylic oxidation sites excluding steroid dienone is 1. The van der Waals surface area contributed by atoms with Crippen molar-refractivity contribution in [3.63, 3.8) is 0 Å². The quantitative estimate of drug-likeness (QED) is 0.115. The molecule has 42 heavy (non-hydrogen) atoms. The third-order valence-electron chi connectivity index (χ3n) is 7.30. The molecule has 1 aliphatic rings. The molecule has 1 aliphatic carbocycles. The van der Waals surface area contributed by atoms with Gasteiger partial charge < -0.3 is 20.4 Å². The first-order valence-corrected chi connectivity index (χ1v) is 14.0. The van der Waals surface area contributed by atoms with Gasteiger partial charge in [-0.15, -0.1) is 0 Å². The molecular formula is C32H39F2N7O. The highest BCUT2D eigenvalue weighted by Gasteiger charge is 2.31. The highest BCUT2D eigenvalue weighted by atomic mass is 19.1. The van der Waals surface area contributed by atoms with Crippen LogP contribution >= 0.6 is 0 Å². The Bertz CT molecular complexity index is 1400. The average molecular weight is 576 g/mol. The highest BCUT2D eigenvalue weighted by Crippen LogP contribution is 2.35. The molecule has 3 aromatic rings. The number of nitrogens with zero attached hydrogens (tertiary/aromatic N) is 4. The van der Waals surface area contributed by atoms with Crippen LogP contribution in [0.5, 0.6) is 5.75 Å². The van der Waals surface area contributed by atoms with Crippen molar-refractivity contribution in [2.24, 2.45) is 22.7 Å². The fourth-order valence-corrected chi connectivity index (χ4v) is 4.90. The van der Waals surface area contributed by atoms with Crippen LogP contribution in [0.1, 0.15) is 30.9 Å². The Morgan fingerprint density at radius 2 is 1.83 bits per heavy atom. The summed E-state index contributed by atoms with van der Waals surface area (Å²) in [5.41, 5.74) is 5.57. The van der Waals surface area contributed by atoms with E-state index in [4.69, 9.17) is 10.6 Å². The molecule has 0 saturated heterocycles. The molecule has 4 N–H and O–H groups in total. The summed E-state index contributed by atoms with van der Waals surface area (Å²) in [5, 5.41) is 3.09. The van der Waals surface area contributed by atoms with Crippen LogP contribution in [0.15, 0.2) is 78.2 Å². The lowest BCUT2D eigenvalue weighted by Gasteiger charge is -2.38. The molecule has 1 heterocycles. The number of aliphatic imine (C=N–C) groups is 1. The molecule has 0 aliphatic heterocycles. The molecule has 10 heteroatoms. The van der Waals surface area contributed by atoms with E-state index >= 15 is 0 Å². The number of amidine groups is 1. The van der Waals surface area contributed by atoms with Crippen LogP contribution in [0, 0.1) is 23.5 Å². The van der Waals surface area contributed by atoms with Gasteiger partial charge in [0.1, 0.15) is 17.5 Å². The van der Waals surface area contributed by atoms with E-state index in [1.165, 1.54) is 25.0 Å². The highest BCUT2D eigenvalue weighted by molar-refractivity contribution is 6.02. The van der Waals surface area contributed by atoms with Crippen LogP contribution in [0.25, 0.3) is 17.1 Å². The van der Waals surface area contributed by atoms with Gasteiger partial charge in [0.2, 0.25) is 0 Å². The normalized spacial score (nSPS) is 17.1. The monoisotopic (exact) mass is 575 g/mol. The van der Waals surface area contributed by atoms with E-state index in [1.807, 2.05) is 24.3 Å². The van der Waals surface area contributed by atoms with Crippen molar-refractivity contribution >= 4 is 11.5 Å². The zero-order valence-corrected chi connectivity index (χ0v) is 24.4. The number of hydrogen-bond acceptors (Lipinski definition) is 7. The van der Waals surface area contributed by atoms with Gasteiger partial charge in [-0.25, -0.2) is 18.7 Å². The fourth-order valence-electron chi connectivity index (χ4n) is 4.90. The van der Waals surface area contributed by atoms with Gasteiger partial charge in [-0.1, -0.05) is 30.9 Å². The number of hydrazine groups is 1. The molecule has 0 spiro atoms. The molecule has 222 valence electrons. The van der Waals surface area contributed by atoms with E-state index in [1.54, 1.807) is 25.4 Å². The molecule has 1 fully saturated rings. The van der Waals surface area contributed by atoms with Crippen LogP contribution in [-0.4, -0.2) is 54.5 Å². The summed E-state index contributed by atoms with van der Waals surface area (Å²) < 4.78 is 33.6. The predicted octanol–water partition coefficient (Wildman–Crippen LogP) is 4.96. The summed E-state index contributed by atoms with van der Waals surface area (Å²) in [6.45, 7) is 7.83.